The van der Waals surface area contributed by atoms with E-state index in [2.05, 4.69) is 20.3 Å². The normalized spacial score (nSPS) is 27.4. The molecule has 1 amide bonds. The Balaban J connectivity index is 2.00. The van der Waals surface area contributed by atoms with E-state index in [0.29, 0.717) is 11.2 Å². The Kier molecular flexibility index (Phi) is 4.09. The molecule has 23 heavy (non-hydrogen) atoms. The number of nitrogens with zero attached hydrogens (tertiary/aromatic N) is 4. The number of amides is 1. The second-order valence-electron chi connectivity index (χ2n) is 5.12. The maximum atomic E-state index is 11.6. The molecule has 3 heterocycles. The minimum atomic E-state index is -1.11. The van der Waals surface area contributed by atoms with Gasteiger partial charge in [0.1, 0.15) is 30.1 Å². The van der Waals surface area contributed by atoms with Gasteiger partial charge in [-0.05, 0) is 0 Å². The van der Waals surface area contributed by atoms with Crippen LogP contribution in [0.25, 0.3) is 11.2 Å². The van der Waals surface area contributed by atoms with E-state index in [1.54, 1.807) is 0 Å². The smallest absolute Gasteiger partial charge is 0.234 e. The fraction of sp³-hybridized carbons (Fsp3) is 0.500. The standard InChI is InChI=1S/C12H17N7O4/c13-1-6(21)18-7-9(22)5(2-20)23-12(7)19-4-17-8-10(14)15-3-16-11(8)19/h3-5,7,9,12,20,22H,1-2,13H2,(H,18,21)(H2,14,15,16)/t5-,7?,9+,12-/m1/s1. The molecule has 11 heteroatoms. The zero-order chi connectivity index (χ0) is 16.6. The number of aliphatic hydroxyl groups is 2. The SMILES string of the molecule is NCC(=O)NC1[C@@H](O)[C@@H](CO)O[C@H]1n1cnc2c(N)ncnc21. The minimum Gasteiger partial charge on any atom is -0.394 e. The van der Waals surface area contributed by atoms with Gasteiger partial charge in [0.15, 0.2) is 17.7 Å². The molecule has 2 aromatic heterocycles. The summed E-state index contributed by atoms with van der Waals surface area (Å²) in [5, 5.41) is 22.2. The van der Waals surface area contributed by atoms with Gasteiger partial charge in [-0.1, -0.05) is 0 Å². The Morgan fingerprint density at radius 2 is 2.22 bits per heavy atom. The van der Waals surface area contributed by atoms with Gasteiger partial charge in [-0.3, -0.25) is 9.36 Å². The van der Waals surface area contributed by atoms with Crippen molar-refractivity contribution in [3.63, 3.8) is 0 Å². The van der Waals surface area contributed by atoms with Crippen LogP contribution in [-0.2, 0) is 9.53 Å². The summed E-state index contributed by atoms with van der Waals surface area (Å²) in [4.78, 5) is 23.7. The highest BCUT2D eigenvalue weighted by atomic mass is 16.5. The second kappa shape index (κ2) is 6.04. The van der Waals surface area contributed by atoms with E-state index in [0.717, 1.165) is 0 Å². The number of anilines is 1. The molecule has 0 aromatic carbocycles. The Morgan fingerprint density at radius 3 is 2.91 bits per heavy atom. The molecule has 1 unspecified atom stereocenters. The number of nitrogen functional groups attached to an aromatic ring is 1. The average molecular weight is 323 g/mol. The van der Waals surface area contributed by atoms with Crippen molar-refractivity contribution in [1.29, 1.82) is 0 Å². The predicted molar refractivity (Wildman–Crippen MR) is 77.7 cm³/mol. The third kappa shape index (κ3) is 2.59. The van der Waals surface area contributed by atoms with Crippen molar-refractivity contribution in [2.24, 2.45) is 5.73 Å². The Hall–Kier alpha value is -2.34. The quantitative estimate of drug-likeness (QED) is 0.395. The minimum absolute atomic E-state index is 0.202. The molecule has 0 spiro atoms. The van der Waals surface area contributed by atoms with Crippen LogP contribution in [-0.4, -0.2) is 67.0 Å². The van der Waals surface area contributed by atoms with Crippen LogP contribution in [0, 0.1) is 0 Å². The van der Waals surface area contributed by atoms with Crippen molar-refractivity contribution >= 4 is 22.9 Å². The third-order valence-corrected chi connectivity index (χ3v) is 3.72. The number of carbonyl (C=O) groups is 1. The van der Waals surface area contributed by atoms with Crippen LogP contribution in [0.4, 0.5) is 5.82 Å². The third-order valence-electron chi connectivity index (χ3n) is 3.72. The number of ether oxygens (including phenoxy) is 1. The van der Waals surface area contributed by atoms with Crippen molar-refractivity contribution in [2.45, 2.75) is 24.5 Å². The Labute approximate surface area is 130 Å². The molecule has 0 saturated carbocycles. The summed E-state index contributed by atoms with van der Waals surface area (Å²) in [6, 6.07) is -0.822. The first kappa shape index (κ1) is 15.6. The van der Waals surface area contributed by atoms with E-state index >= 15 is 0 Å². The van der Waals surface area contributed by atoms with Gasteiger partial charge in [0.05, 0.1) is 19.5 Å². The van der Waals surface area contributed by atoms with Gasteiger partial charge < -0.3 is 31.7 Å². The molecule has 1 aliphatic rings. The van der Waals surface area contributed by atoms with Gasteiger partial charge in [-0.2, -0.15) is 0 Å². The zero-order valence-electron chi connectivity index (χ0n) is 12.0. The number of rotatable bonds is 4. The lowest BCUT2D eigenvalue weighted by Gasteiger charge is -2.22. The van der Waals surface area contributed by atoms with Gasteiger partial charge in [-0.15, -0.1) is 0 Å². The maximum absolute atomic E-state index is 11.6. The van der Waals surface area contributed by atoms with Crippen molar-refractivity contribution in [3.8, 4) is 0 Å². The molecular formula is C12H17N7O4. The highest BCUT2D eigenvalue weighted by molar-refractivity contribution is 5.81. The number of aromatic nitrogens is 4. The second-order valence-corrected chi connectivity index (χ2v) is 5.12. The lowest BCUT2D eigenvalue weighted by Crippen LogP contribution is -2.48. The van der Waals surface area contributed by atoms with E-state index in [-0.39, 0.29) is 12.4 Å². The summed E-state index contributed by atoms with van der Waals surface area (Å²) in [6.07, 6.45) is -0.0963. The number of carbonyl (C=O) groups excluding carboxylic acids is 1. The molecule has 0 aliphatic carbocycles. The van der Waals surface area contributed by atoms with Gasteiger partial charge in [0.25, 0.3) is 0 Å². The molecule has 7 N–H and O–H groups in total. The molecule has 1 fully saturated rings. The summed E-state index contributed by atoms with van der Waals surface area (Å²) < 4.78 is 7.16. The topological polar surface area (TPSA) is 174 Å². The molecule has 2 aromatic rings. The first-order valence-corrected chi connectivity index (χ1v) is 6.93. The van der Waals surface area contributed by atoms with Crippen LogP contribution < -0.4 is 16.8 Å². The zero-order valence-corrected chi connectivity index (χ0v) is 12.0. The molecule has 1 saturated heterocycles. The molecule has 0 radical (unpaired) electrons. The van der Waals surface area contributed by atoms with Crippen molar-refractivity contribution in [3.05, 3.63) is 12.7 Å². The van der Waals surface area contributed by atoms with E-state index in [9.17, 15) is 15.0 Å². The summed E-state index contributed by atoms with van der Waals surface area (Å²) >= 11 is 0. The fourth-order valence-electron chi connectivity index (χ4n) is 2.59. The molecule has 4 atom stereocenters. The van der Waals surface area contributed by atoms with Crippen molar-refractivity contribution in [2.75, 3.05) is 18.9 Å². The van der Waals surface area contributed by atoms with E-state index < -0.39 is 37.0 Å². The highest BCUT2D eigenvalue weighted by Crippen LogP contribution is 2.31. The lowest BCUT2D eigenvalue weighted by molar-refractivity contribution is -0.121. The fourth-order valence-corrected chi connectivity index (χ4v) is 2.59. The summed E-state index contributed by atoms with van der Waals surface area (Å²) in [5.74, 6) is -0.256. The molecule has 3 rings (SSSR count). The molecule has 11 nitrogen and oxygen atoms in total. The predicted octanol–water partition coefficient (Wildman–Crippen LogP) is -2.90. The Bertz CT molecular complexity index is 720. The number of hydrogen-bond donors (Lipinski definition) is 5. The van der Waals surface area contributed by atoms with Crippen molar-refractivity contribution < 1.29 is 19.7 Å². The summed E-state index contributed by atoms with van der Waals surface area (Å²) in [7, 11) is 0. The number of imidazole rings is 1. The summed E-state index contributed by atoms with van der Waals surface area (Å²) in [6.45, 7) is -0.643. The van der Waals surface area contributed by atoms with Crippen LogP contribution in [0.1, 0.15) is 6.23 Å². The number of nitrogens with two attached hydrogens (primary N) is 2. The number of nitrogens with one attached hydrogen (secondary N) is 1. The monoisotopic (exact) mass is 323 g/mol. The number of aliphatic hydroxyl groups excluding tert-OH is 2. The number of fused-ring (bicyclic) bond motifs is 1. The molecule has 124 valence electrons. The number of hydrogen-bond acceptors (Lipinski definition) is 9. The highest BCUT2D eigenvalue weighted by Gasteiger charge is 2.45. The van der Waals surface area contributed by atoms with Crippen LogP contribution in [0.3, 0.4) is 0 Å². The maximum Gasteiger partial charge on any atom is 0.234 e. The first-order chi connectivity index (χ1) is 11.1. The molecule has 0 bridgehead atoms. The van der Waals surface area contributed by atoms with E-state index in [1.807, 2.05) is 0 Å². The van der Waals surface area contributed by atoms with Crippen LogP contribution in [0.5, 0.6) is 0 Å². The van der Waals surface area contributed by atoms with Gasteiger partial charge in [0.2, 0.25) is 5.91 Å². The van der Waals surface area contributed by atoms with Crippen LogP contribution >= 0.6 is 0 Å². The van der Waals surface area contributed by atoms with Crippen LogP contribution in [0.2, 0.25) is 0 Å². The first-order valence-electron chi connectivity index (χ1n) is 6.93. The van der Waals surface area contributed by atoms with Crippen LogP contribution in [0.15, 0.2) is 12.7 Å². The van der Waals surface area contributed by atoms with Crippen molar-refractivity contribution in [1.82, 2.24) is 24.8 Å². The van der Waals surface area contributed by atoms with Gasteiger partial charge in [0, 0.05) is 0 Å². The van der Waals surface area contributed by atoms with Gasteiger partial charge >= 0.3 is 0 Å². The lowest BCUT2D eigenvalue weighted by atomic mass is 10.1. The Morgan fingerprint density at radius 1 is 1.43 bits per heavy atom. The van der Waals surface area contributed by atoms with E-state index in [4.69, 9.17) is 16.2 Å². The van der Waals surface area contributed by atoms with E-state index in [1.165, 1.54) is 17.2 Å². The van der Waals surface area contributed by atoms with Gasteiger partial charge in [-0.25, -0.2) is 15.0 Å². The largest absolute Gasteiger partial charge is 0.394 e. The molecule has 1 aliphatic heterocycles. The molecular weight excluding hydrogens is 306 g/mol. The average Bonchev–Trinajstić information content (AvgIpc) is 3.10. The summed E-state index contributed by atoms with van der Waals surface area (Å²) in [5.41, 5.74) is 11.8.